The first-order valence-electron chi connectivity index (χ1n) is 6.71. The number of rotatable bonds is 2. The van der Waals surface area contributed by atoms with Gasteiger partial charge >= 0.3 is 0 Å². The molecule has 0 aromatic rings. The Balaban J connectivity index is 2.47. The molecule has 0 aromatic carbocycles. The molecule has 100 valence electrons. The summed E-state index contributed by atoms with van der Waals surface area (Å²) in [5.41, 5.74) is 1.50. The largest absolute Gasteiger partial charge is 0.392 e. The van der Waals surface area contributed by atoms with Gasteiger partial charge in [-0.1, -0.05) is 26.8 Å². The number of hydrogen-bond acceptors (Lipinski definition) is 3. The van der Waals surface area contributed by atoms with Crippen molar-refractivity contribution in [2.24, 2.45) is 23.7 Å². The molecule has 0 aliphatic heterocycles. The van der Waals surface area contributed by atoms with Gasteiger partial charge in [-0.2, -0.15) is 0 Å². The van der Waals surface area contributed by atoms with Crippen LogP contribution in [0.1, 0.15) is 27.2 Å². The van der Waals surface area contributed by atoms with Crippen molar-refractivity contribution < 1.29 is 15.0 Å². The number of fused-ring (bicyclic) bond motifs is 1. The first-order valence-corrected chi connectivity index (χ1v) is 6.71. The molecule has 0 radical (unpaired) electrons. The molecule has 0 amide bonds. The molecule has 3 heteroatoms. The van der Waals surface area contributed by atoms with Crippen LogP contribution < -0.4 is 0 Å². The zero-order valence-electron chi connectivity index (χ0n) is 11.3. The van der Waals surface area contributed by atoms with Crippen LogP contribution in [0.2, 0.25) is 0 Å². The van der Waals surface area contributed by atoms with Gasteiger partial charge in [0.1, 0.15) is 0 Å². The molecule has 3 nitrogen and oxygen atoms in total. The van der Waals surface area contributed by atoms with Gasteiger partial charge in [0.25, 0.3) is 0 Å². The van der Waals surface area contributed by atoms with Crippen molar-refractivity contribution in [2.75, 3.05) is 6.61 Å². The fraction of sp³-hybridized carbons (Fsp3) is 0.667. The molecular weight excluding hydrogens is 228 g/mol. The van der Waals surface area contributed by atoms with Crippen LogP contribution in [0.3, 0.4) is 0 Å². The fourth-order valence-electron chi connectivity index (χ4n) is 3.32. The Morgan fingerprint density at radius 2 is 2.11 bits per heavy atom. The zero-order valence-corrected chi connectivity index (χ0v) is 11.3. The minimum atomic E-state index is -0.445. The van der Waals surface area contributed by atoms with E-state index >= 15 is 0 Å². The van der Waals surface area contributed by atoms with Crippen LogP contribution >= 0.6 is 0 Å². The Kier molecular flexibility index (Phi) is 3.74. The molecule has 2 aliphatic rings. The summed E-state index contributed by atoms with van der Waals surface area (Å²) in [6.07, 6.45) is 3.87. The van der Waals surface area contributed by atoms with Crippen molar-refractivity contribution in [2.45, 2.75) is 33.3 Å². The Labute approximate surface area is 108 Å². The molecule has 2 N–H and O–H groups in total. The van der Waals surface area contributed by atoms with E-state index in [2.05, 4.69) is 6.92 Å². The van der Waals surface area contributed by atoms with E-state index in [0.29, 0.717) is 11.5 Å². The summed E-state index contributed by atoms with van der Waals surface area (Å²) >= 11 is 0. The minimum absolute atomic E-state index is 0.0112. The highest BCUT2D eigenvalue weighted by molar-refractivity contribution is 6.05. The van der Waals surface area contributed by atoms with Gasteiger partial charge in [-0.05, 0) is 41.4 Å². The van der Waals surface area contributed by atoms with Crippen molar-refractivity contribution in [1.82, 2.24) is 0 Å². The summed E-state index contributed by atoms with van der Waals surface area (Å²) in [5.74, 6) is 0.590. The number of hydrogen-bond donors (Lipinski definition) is 2. The Hall–Kier alpha value is -0.930. The summed E-state index contributed by atoms with van der Waals surface area (Å²) in [4.78, 5) is 12.1. The van der Waals surface area contributed by atoms with Crippen molar-refractivity contribution in [3.63, 3.8) is 0 Å². The molecule has 0 saturated heterocycles. The number of carbonyl (C=O) groups is 1. The van der Waals surface area contributed by atoms with Crippen LogP contribution in [0.15, 0.2) is 23.3 Å². The van der Waals surface area contributed by atoms with Gasteiger partial charge < -0.3 is 10.2 Å². The highest BCUT2D eigenvalue weighted by Gasteiger charge is 2.42. The number of allylic oxidation sites excluding steroid dienone is 3. The number of aliphatic hydroxyl groups is 2. The molecule has 0 spiro atoms. The van der Waals surface area contributed by atoms with Crippen LogP contribution in [0.4, 0.5) is 0 Å². The van der Waals surface area contributed by atoms with Gasteiger partial charge in [-0.3, -0.25) is 4.79 Å². The Morgan fingerprint density at radius 1 is 1.44 bits per heavy atom. The van der Waals surface area contributed by atoms with E-state index in [9.17, 15) is 15.0 Å². The highest BCUT2D eigenvalue weighted by Crippen LogP contribution is 2.44. The molecular formula is C15H22O3. The van der Waals surface area contributed by atoms with Gasteiger partial charge in [0, 0.05) is 5.92 Å². The number of ketones is 1. The molecule has 0 bridgehead atoms. The van der Waals surface area contributed by atoms with Gasteiger partial charge in [-0.25, -0.2) is 0 Å². The van der Waals surface area contributed by atoms with Gasteiger partial charge in [0.15, 0.2) is 5.78 Å². The first-order chi connectivity index (χ1) is 8.45. The van der Waals surface area contributed by atoms with E-state index in [0.717, 1.165) is 12.0 Å². The maximum Gasteiger partial charge on any atom is 0.181 e. The van der Waals surface area contributed by atoms with E-state index in [1.807, 2.05) is 19.9 Å². The smallest absolute Gasteiger partial charge is 0.181 e. The normalized spacial score (nSPS) is 36.2. The number of carbonyl (C=O) groups excluding carboxylic acids is 1. The van der Waals surface area contributed by atoms with Gasteiger partial charge in [0.05, 0.1) is 12.7 Å². The molecule has 4 unspecified atom stereocenters. The van der Waals surface area contributed by atoms with E-state index in [-0.39, 0.29) is 30.1 Å². The lowest BCUT2D eigenvalue weighted by Crippen LogP contribution is -2.22. The number of aliphatic hydroxyl groups excluding tert-OH is 2. The lowest BCUT2D eigenvalue weighted by Gasteiger charge is -2.22. The van der Waals surface area contributed by atoms with Crippen LogP contribution in [0, 0.1) is 23.7 Å². The Bertz CT molecular complexity index is 406. The summed E-state index contributed by atoms with van der Waals surface area (Å²) in [7, 11) is 0. The van der Waals surface area contributed by atoms with Crippen LogP contribution in [-0.2, 0) is 4.79 Å². The average Bonchev–Trinajstić information content (AvgIpc) is 2.48. The summed E-state index contributed by atoms with van der Waals surface area (Å²) in [6.45, 7) is 5.97. The topological polar surface area (TPSA) is 57.5 Å². The quantitative estimate of drug-likeness (QED) is 0.784. The zero-order chi connectivity index (χ0) is 13.4. The van der Waals surface area contributed by atoms with Crippen LogP contribution in [0.25, 0.3) is 0 Å². The molecule has 0 heterocycles. The SMILES string of the molecule is CC(C)C1=CC2C(C)CC(O)C2C(CO)=CC1=O. The van der Waals surface area contributed by atoms with Gasteiger partial charge in [0.2, 0.25) is 0 Å². The highest BCUT2D eigenvalue weighted by atomic mass is 16.3. The predicted molar refractivity (Wildman–Crippen MR) is 69.9 cm³/mol. The predicted octanol–water partition coefficient (Wildman–Crippen LogP) is 1.70. The third kappa shape index (κ3) is 2.17. The first kappa shape index (κ1) is 13.5. The standard InChI is InChI=1S/C15H22O3/c1-8(2)11-6-12-9(3)4-14(18)15(12)10(7-16)5-13(11)17/h5-6,8-9,12,14-16,18H,4,7H2,1-3H3. The Morgan fingerprint density at radius 3 is 2.67 bits per heavy atom. The van der Waals surface area contributed by atoms with Crippen LogP contribution in [0.5, 0.6) is 0 Å². The molecule has 4 atom stereocenters. The maximum absolute atomic E-state index is 12.1. The van der Waals surface area contributed by atoms with E-state index in [4.69, 9.17) is 0 Å². The molecule has 1 saturated carbocycles. The molecule has 1 fully saturated rings. The van der Waals surface area contributed by atoms with Crippen LogP contribution in [-0.4, -0.2) is 28.7 Å². The lowest BCUT2D eigenvalue weighted by atomic mass is 9.84. The maximum atomic E-state index is 12.1. The van der Waals surface area contributed by atoms with Crippen molar-refractivity contribution >= 4 is 5.78 Å². The van der Waals surface area contributed by atoms with Crippen molar-refractivity contribution in [3.8, 4) is 0 Å². The van der Waals surface area contributed by atoms with Crippen molar-refractivity contribution in [3.05, 3.63) is 23.3 Å². The molecule has 18 heavy (non-hydrogen) atoms. The van der Waals surface area contributed by atoms with E-state index < -0.39 is 6.10 Å². The molecule has 0 aromatic heterocycles. The molecule has 2 aliphatic carbocycles. The third-order valence-corrected chi connectivity index (χ3v) is 4.31. The second-order valence-corrected chi connectivity index (χ2v) is 5.90. The third-order valence-electron chi connectivity index (χ3n) is 4.31. The average molecular weight is 250 g/mol. The van der Waals surface area contributed by atoms with Gasteiger partial charge in [-0.15, -0.1) is 0 Å². The summed E-state index contributed by atoms with van der Waals surface area (Å²) in [6, 6.07) is 0. The monoisotopic (exact) mass is 250 g/mol. The fourth-order valence-corrected chi connectivity index (χ4v) is 3.32. The lowest BCUT2D eigenvalue weighted by molar-refractivity contribution is -0.111. The summed E-state index contributed by atoms with van der Waals surface area (Å²) < 4.78 is 0. The van der Waals surface area contributed by atoms with E-state index in [1.54, 1.807) is 0 Å². The second kappa shape index (κ2) is 4.98. The second-order valence-electron chi connectivity index (χ2n) is 5.90. The van der Waals surface area contributed by atoms with E-state index in [1.165, 1.54) is 6.08 Å². The molecule has 2 rings (SSSR count). The van der Waals surface area contributed by atoms with Crippen molar-refractivity contribution in [1.29, 1.82) is 0 Å². The summed E-state index contributed by atoms with van der Waals surface area (Å²) in [5, 5.41) is 19.6. The minimum Gasteiger partial charge on any atom is -0.392 e.